The molecule has 1 aliphatic heterocycles. The van der Waals surface area contributed by atoms with Crippen molar-refractivity contribution in [1.82, 2.24) is 0 Å². The first-order valence-electron chi connectivity index (χ1n) is 11.6. The Morgan fingerprint density at radius 2 is 1.35 bits per heavy atom. The van der Waals surface area contributed by atoms with E-state index in [1.165, 1.54) is 0 Å². The molecule has 194 valence electrons. The van der Waals surface area contributed by atoms with Gasteiger partial charge in [0.2, 0.25) is 0 Å². The van der Waals surface area contributed by atoms with E-state index in [4.69, 9.17) is 23.7 Å². The van der Waals surface area contributed by atoms with E-state index in [0.717, 1.165) is 18.2 Å². The lowest BCUT2D eigenvalue weighted by Gasteiger charge is -2.46. The van der Waals surface area contributed by atoms with Crippen LogP contribution in [0.15, 0.2) is 91.0 Å². The molecular weight excluding hydrogens is 544 g/mol. The number of hydrogen-bond acceptors (Lipinski definition) is 8. The summed E-state index contributed by atoms with van der Waals surface area (Å²) in [6.45, 7) is 0.218. The van der Waals surface area contributed by atoms with Crippen LogP contribution in [0.4, 0.5) is 0 Å². The summed E-state index contributed by atoms with van der Waals surface area (Å²) in [4.78, 5) is 24.4. The molecule has 0 radical (unpaired) electrons. The maximum Gasteiger partial charge on any atom is 0.367 e. The molecule has 0 unspecified atom stereocenters. The highest BCUT2D eigenvalue weighted by molar-refractivity contribution is 9.09. The zero-order valence-electron chi connectivity index (χ0n) is 20.1. The van der Waals surface area contributed by atoms with E-state index < -0.39 is 41.1 Å². The molecule has 0 saturated carbocycles. The zero-order chi connectivity index (χ0) is 26.3. The van der Waals surface area contributed by atoms with E-state index >= 15 is 0 Å². The molecule has 1 heterocycles. The van der Waals surface area contributed by atoms with E-state index in [-0.39, 0.29) is 13.2 Å². The first kappa shape index (κ1) is 27.0. The lowest BCUT2D eigenvalue weighted by atomic mass is 9.98. The summed E-state index contributed by atoms with van der Waals surface area (Å²) in [5, 5.41) is 11.3. The van der Waals surface area contributed by atoms with Crippen molar-refractivity contribution >= 4 is 27.9 Å². The standard InChI is InChI=1S/C28H27BrO8/c1-33-27(31)28(32)24(29)22(36-25(30)21-15-9-4-10-16-21)23(34-17-19-11-5-2-6-12-19)26(37-28)35-18-20-13-7-3-8-14-20/h2-16,22-24,26,32H,17-18H2,1H3/t22-,23-,24+,26-,28-/m1/s1. The number of alkyl halides is 1. The Hall–Kier alpha value is -3.08. The van der Waals surface area contributed by atoms with E-state index in [2.05, 4.69) is 15.9 Å². The minimum absolute atomic E-state index is 0.0836. The van der Waals surface area contributed by atoms with Gasteiger partial charge in [-0.2, -0.15) is 0 Å². The second kappa shape index (κ2) is 12.4. The Morgan fingerprint density at radius 1 is 0.838 bits per heavy atom. The van der Waals surface area contributed by atoms with Gasteiger partial charge in [-0.3, -0.25) is 0 Å². The highest BCUT2D eigenvalue weighted by Gasteiger charge is 2.61. The van der Waals surface area contributed by atoms with Gasteiger partial charge in [0, 0.05) is 0 Å². The molecule has 1 aliphatic rings. The van der Waals surface area contributed by atoms with Crippen LogP contribution in [0.2, 0.25) is 0 Å². The van der Waals surface area contributed by atoms with Crippen LogP contribution in [0, 0.1) is 0 Å². The van der Waals surface area contributed by atoms with E-state index in [0.29, 0.717) is 5.56 Å². The normalized spacial score (nSPS) is 25.3. The minimum Gasteiger partial charge on any atom is -0.465 e. The van der Waals surface area contributed by atoms with Gasteiger partial charge in [0.15, 0.2) is 12.4 Å². The topological polar surface area (TPSA) is 101 Å². The number of halogens is 1. The van der Waals surface area contributed by atoms with Crippen molar-refractivity contribution in [3.8, 4) is 0 Å². The summed E-state index contributed by atoms with van der Waals surface area (Å²) in [5.41, 5.74) is 1.98. The zero-order valence-corrected chi connectivity index (χ0v) is 21.7. The fourth-order valence-corrected chi connectivity index (χ4v) is 4.58. The van der Waals surface area contributed by atoms with Crippen LogP contribution in [0.25, 0.3) is 0 Å². The van der Waals surface area contributed by atoms with Gasteiger partial charge < -0.3 is 28.8 Å². The van der Waals surface area contributed by atoms with Crippen LogP contribution in [-0.2, 0) is 41.7 Å². The fourth-order valence-electron chi connectivity index (χ4n) is 3.87. The van der Waals surface area contributed by atoms with Gasteiger partial charge in [0.1, 0.15) is 10.9 Å². The van der Waals surface area contributed by atoms with E-state index in [9.17, 15) is 14.7 Å². The molecule has 0 spiro atoms. The third kappa shape index (κ3) is 6.44. The number of rotatable bonds is 9. The number of aliphatic hydroxyl groups is 1. The molecule has 0 amide bonds. The molecule has 1 N–H and O–H groups in total. The summed E-state index contributed by atoms with van der Waals surface area (Å²) in [5.74, 6) is -4.27. The molecule has 0 bridgehead atoms. The summed E-state index contributed by atoms with van der Waals surface area (Å²) in [7, 11) is 1.12. The molecule has 3 aromatic rings. The SMILES string of the molecule is COC(=O)[C@]1(O)O[C@@H](OCc2ccccc2)[C@H](OCc2ccccc2)[C@@H](OC(=O)c2ccccc2)[C@@H]1Br. The lowest BCUT2D eigenvalue weighted by Crippen LogP contribution is -2.67. The number of hydrogen-bond donors (Lipinski definition) is 1. The van der Waals surface area contributed by atoms with Gasteiger partial charge in [-0.15, -0.1) is 0 Å². The molecule has 1 saturated heterocycles. The third-order valence-electron chi connectivity index (χ3n) is 5.82. The quantitative estimate of drug-likeness (QED) is 0.304. The van der Waals surface area contributed by atoms with Gasteiger partial charge in [-0.25, -0.2) is 9.59 Å². The van der Waals surface area contributed by atoms with Crippen LogP contribution in [-0.4, -0.2) is 53.3 Å². The number of carbonyl (C=O) groups excluding carboxylic acids is 2. The van der Waals surface area contributed by atoms with Gasteiger partial charge >= 0.3 is 11.9 Å². The minimum atomic E-state index is -2.52. The van der Waals surface area contributed by atoms with Gasteiger partial charge in [0.25, 0.3) is 5.79 Å². The first-order valence-corrected chi connectivity index (χ1v) is 12.5. The van der Waals surface area contributed by atoms with Crippen LogP contribution in [0.3, 0.4) is 0 Å². The predicted molar refractivity (Wildman–Crippen MR) is 136 cm³/mol. The van der Waals surface area contributed by atoms with Crippen molar-refractivity contribution in [2.24, 2.45) is 0 Å². The molecule has 4 rings (SSSR count). The molecule has 8 nitrogen and oxygen atoms in total. The Kier molecular flexibility index (Phi) is 9.07. The molecule has 37 heavy (non-hydrogen) atoms. The number of benzene rings is 3. The van der Waals surface area contributed by atoms with Crippen LogP contribution >= 0.6 is 15.9 Å². The van der Waals surface area contributed by atoms with Crippen molar-refractivity contribution in [2.75, 3.05) is 7.11 Å². The van der Waals surface area contributed by atoms with E-state index in [1.807, 2.05) is 60.7 Å². The fraction of sp³-hybridized carbons (Fsp3) is 0.286. The molecule has 1 fully saturated rings. The summed E-state index contributed by atoms with van der Waals surface area (Å²) < 4.78 is 28.6. The van der Waals surface area contributed by atoms with Gasteiger partial charge in [-0.1, -0.05) is 94.8 Å². The largest absolute Gasteiger partial charge is 0.465 e. The molecular formula is C28H27BrO8. The van der Waals surface area contributed by atoms with Crippen molar-refractivity contribution in [2.45, 2.75) is 42.3 Å². The number of ether oxygens (including phenoxy) is 5. The van der Waals surface area contributed by atoms with Crippen LogP contribution < -0.4 is 0 Å². The van der Waals surface area contributed by atoms with Crippen LogP contribution in [0.5, 0.6) is 0 Å². The Balaban J connectivity index is 1.66. The maximum atomic E-state index is 13.0. The molecule has 0 aromatic heterocycles. The van der Waals surface area contributed by atoms with Gasteiger partial charge in [0.05, 0.1) is 25.9 Å². The van der Waals surface area contributed by atoms with Crippen molar-refractivity contribution < 1.29 is 38.4 Å². The smallest absolute Gasteiger partial charge is 0.367 e. The summed E-state index contributed by atoms with van der Waals surface area (Å²) >= 11 is 3.32. The molecule has 9 heteroatoms. The highest BCUT2D eigenvalue weighted by Crippen LogP contribution is 2.38. The third-order valence-corrected chi connectivity index (χ3v) is 6.96. The van der Waals surface area contributed by atoms with Crippen molar-refractivity contribution in [1.29, 1.82) is 0 Å². The predicted octanol–water partition coefficient (Wildman–Crippen LogP) is 4.00. The lowest BCUT2D eigenvalue weighted by molar-refractivity contribution is -0.352. The van der Waals surface area contributed by atoms with Crippen molar-refractivity contribution in [3.05, 3.63) is 108 Å². The first-order chi connectivity index (χ1) is 17.9. The average molecular weight is 571 g/mol. The van der Waals surface area contributed by atoms with Gasteiger partial charge in [-0.05, 0) is 23.3 Å². The number of carbonyl (C=O) groups is 2. The molecule has 0 aliphatic carbocycles. The molecule has 3 aromatic carbocycles. The monoisotopic (exact) mass is 570 g/mol. The maximum absolute atomic E-state index is 13.0. The second-order valence-electron chi connectivity index (χ2n) is 8.37. The Labute approximate surface area is 223 Å². The second-order valence-corrected chi connectivity index (χ2v) is 9.36. The highest BCUT2D eigenvalue weighted by atomic mass is 79.9. The number of methoxy groups -OCH3 is 1. The Morgan fingerprint density at radius 3 is 1.89 bits per heavy atom. The summed E-state index contributed by atoms with van der Waals surface area (Å²) in [6.07, 6.45) is -3.52. The average Bonchev–Trinajstić information content (AvgIpc) is 2.95. The van der Waals surface area contributed by atoms with Crippen LogP contribution in [0.1, 0.15) is 21.5 Å². The molecule has 5 atom stereocenters. The number of esters is 2. The summed E-state index contributed by atoms with van der Waals surface area (Å²) in [6, 6.07) is 27.0. The van der Waals surface area contributed by atoms with Crippen molar-refractivity contribution in [3.63, 3.8) is 0 Å². The Bertz CT molecular complexity index is 1160. The van der Waals surface area contributed by atoms with E-state index in [1.54, 1.807) is 30.3 Å².